The summed E-state index contributed by atoms with van der Waals surface area (Å²) in [5, 5.41) is 9.11. The molecular formula is C17H15ClN6O. The van der Waals surface area contributed by atoms with Gasteiger partial charge in [0.1, 0.15) is 17.9 Å². The Kier molecular flexibility index (Phi) is 3.77. The van der Waals surface area contributed by atoms with Crippen LogP contribution >= 0.6 is 11.6 Å². The van der Waals surface area contributed by atoms with E-state index in [4.69, 9.17) is 16.3 Å². The van der Waals surface area contributed by atoms with E-state index in [1.54, 1.807) is 17.9 Å². The van der Waals surface area contributed by atoms with Crippen LogP contribution in [0, 0.1) is 0 Å². The molecule has 0 saturated heterocycles. The number of hydrogen-bond donors (Lipinski definition) is 1. The summed E-state index contributed by atoms with van der Waals surface area (Å²) in [4.78, 5) is 8.74. The Morgan fingerprint density at radius 3 is 2.72 bits per heavy atom. The Morgan fingerprint density at radius 1 is 1.12 bits per heavy atom. The van der Waals surface area contributed by atoms with Crippen molar-refractivity contribution >= 4 is 34.1 Å². The molecule has 0 amide bonds. The minimum Gasteiger partial charge on any atom is -0.495 e. The van der Waals surface area contributed by atoms with Gasteiger partial charge in [-0.3, -0.25) is 9.25 Å². The van der Waals surface area contributed by atoms with Gasteiger partial charge in [-0.15, -0.1) is 0 Å². The molecule has 8 heteroatoms. The molecule has 0 bridgehead atoms. The maximum atomic E-state index is 6.19. The van der Waals surface area contributed by atoms with Crippen LogP contribution in [0.15, 0.2) is 49.1 Å². The van der Waals surface area contributed by atoms with Crippen molar-refractivity contribution in [3.63, 3.8) is 0 Å². The lowest BCUT2D eigenvalue weighted by Gasteiger charge is -2.09. The average molecular weight is 355 g/mol. The topological polar surface area (TPSA) is 69.8 Å². The van der Waals surface area contributed by atoms with Gasteiger partial charge >= 0.3 is 0 Å². The van der Waals surface area contributed by atoms with Gasteiger partial charge in [0.2, 0.25) is 0 Å². The summed E-state index contributed by atoms with van der Waals surface area (Å²) >= 11 is 6.19. The van der Waals surface area contributed by atoms with Crippen molar-refractivity contribution in [2.24, 2.45) is 7.05 Å². The number of halogens is 1. The Balaban J connectivity index is 1.73. The van der Waals surface area contributed by atoms with Crippen molar-refractivity contribution in [1.82, 2.24) is 24.3 Å². The predicted octanol–water partition coefficient (Wildman–Crippen LogP) is 3.56. The number of aromatic nitrogens is 5. The van der Waals surface area contributed by atoms with E-state index in [2.05, 4.69) is 20.4 Å². The standard InChI is InChI=1S/C17H15ClN6O/c1-23-7-6-15(22-23)24-8-5-12-16(19-10-20-17(12)24)21-11-3-4-14(25-2)13(18)9-11/h3-10H,1-2H3,(H,19,20,21). The fourth-order valence-electron chi connectivity index (χ4n) is 2.65. The number of ether oxygens (including phenoxy) is 1. The van der Waals surface area contributed by atoms with Gasteiger partial charge in [0, 0.05) is 31.2 Å². The first-order valence-corrected chi connectivity index (χ1v) is 7.96. The van der Waals surface area contributed by atoms with Crippen molar-refractivity contribution in [2.75, 3.05) is 12.4 Å². The van der Waals surface area contributed by atoms with Crippen molar-refractivity contribution in [3.05, 3.63) is 54.1 Å². The highest BCUT2D eigenvalue weighted by Gasteiger charge is 2.12. The zero-order valence-corrected chi connectivity index (χ0v) is 14.4. The number of nitrogens with one attached hydrogen (secondary N) is 1. The van der Waals surface area contributed by atoms with Gasteiger partial charge < -0.3 is 10.1 Å². The monoisotopic (exact) mass is 354 g/mol. The fourth-order valence-corrected chi connectivity index (χ4v) is 2.91. The van der Waals surface area contributed by atoms with E-state index in [1.165, 1.54) is 6.33 Å². The first kappa shape index (κ1) is 15.5. The van der Waals surface area contributed by atoms with E-state index >= 15 is 0 Å². The van der Waals surface area contributed by atoms with E-state index < -0.39 is 0 Å². The fraction of sp³-hybridized carbons (Fsp3) is 0.118. The highest BCUT2D eigenvalue weighted by atomic mass is 35.5. The minimum absolute atomic E-state index is 0.531. The summed E-state index contributed by atoms with van der Waals surface area (Å²) in [6.07, 6.45) is 5.34. The van der Waals surface area contributed by atoms with Gasteiger partial charge in [-0.2, -0.15) is 5.10 Å². The van der Waals surface area contributed by atoms with Crippen LogP contribution in [-0.4, -0.2) is 31.4 Å². The molecule has 0 fully saturated rings. The second-order valence-corrected chi connectivity index (χ2v) is 5.87. The molecule has 1 N–H and O–H groups in total. The van der Waals surface area contributed by atoms with Gasteiger partial charge in [0.05, 0.1) is 17.5 Å². The molecule has 3 aromatic heterocycles. The molecule has 4 aromatic rings. The number of benzene rings is 1. The molecule has 1 aromatic carbocycles. The smallest absolute Gasteiger partial charge is 0.160 e. The first-order chi connectivity index (χ1) is 12.2. The molecule has 0 aliphatic carbocycles. The Labute approximate surface area is 148 Å². The summed E-state index contributed by atoms with van der Waals surface area (Å²) < 4.78 is 8.85. The summed E-state index contributed by atoms with van der Waals surface area (Å²) in [6, 6.07) is 9.37. The van der Waals surface area contributed by atoms with Crippen molar-refractivity contribution in [3.8, 4) is 11.6 Å². The molecule has 3 heterocycles. The maximum Gasteiger partial charge on any atom is 0.160 e. The number of fused-ring (bicyclic) bond motifs is 1. The lowest BCUT2D eigenvalue weighted by molar-refractivity contribution is 0.415. The van der Waals surface area contributed by atoms with Crippen molar-refractivity contribution in [1.29, 1.82) is 0 Å². The number of nitrogens with zero attached hydrogens (tertiary/aromatic N) is 5. The zero-order valence-electron chi connectivity index (χ0n) is 13.6. The van der Waals surface area contributed by atoms with Crippen LogP contribution < -0.4 is 10.1 Å². The zero-order chi connectivity index (χ0) is 17.4. The molecule has 126 valence electrons. The molecular weight excluding hydrogens is 340 g/mol. The van der Waals surface area contributed by atoms with Crippen LogP contribution in [0.2, 0.25) is 5.02 Å². The first-order valence-electron chi connectivity index (χ1n) is 7.58. The summed E-state index contributed by atoms with van der Waals surface area (Å²) in [5.74, 6) is 2.12. The second kappa shape index (κ2) is 6.10. The Hall–Kier alpha value is -3.06. The average Bonchev–Trinajstić information content (AvgIpc) is 3.21. The summed E-state index contributed by atoms with van der Waals surface area (Å²) in [6.45, 7) is 0. The van der Waals surface area contributed by atoms with Crippen LogP contribution in [0.25, 0.3) is 16.9 Å². The second-order valence-electron chi connectivity index (χ2n) is 5.47. The van der Waals surface area contributed by atoms with Gasteiger partial charge in [-0.1, -0.05) is 11.6 Å². The Morgan fingerprint density at radius 2 is 2.00 bits per heavy atom. The third-order valence-corrected chi connectivity index (χ3v) is 4.14. The highest BCUT2D eigenvalue weighted by Crippen LogP contribution is 2.30. The molecule has 0 spiro atoms. The number of anilines is 2. The van der Waals surface area contributed by atoms with Crippen LogP contribution in [-0.2, 0) is 7.05 Å². The largest absolute Gasteiger partial charge is 0.495 e. The molecule has 0 atom stereocenters. The summed E-state index contributed by atoms with van der Waals surface area (Å²) in [5.41, 5.74) is 1.59. The number of methoxy groups -OCH3 is 1. The third kappa shape index (κ3) is 2.78. The van der Waals surface area contributed by atoms with Gasteiger partial charge in [0.15, 0.2) is 11.5 Å². The van der Waals surface area contributed by atoms with Gasteiger partial charge in [-0.05, 0) is 24.3 Å². The maximum absolute atomic E-state index is 6.19. The highest BCUT2D eigenvalue weighted by molar-refractivity contribution is 6.32. The quantitative estimate of drug-likeness (QED) is 0.606. The molecule has 7 nitrogen and oxygen atoms in total. The number of hydrogen-bond acceptors (Lipinski definition) is 5. The molecule has 0 saturated carbocycles. The Bertz CT molecular complexity index is 1050. The molecule has 0 aliphatic heterocycles. The van der Waals surface area contributed by atoms with Gasteiger partial charge in [0.25, 0.3) is 0 Å². The van der Waals surface area contributed by atoms with E-state index in [0.717, 1.165) is 22.5 Å². The third-order valence-electron chi connectivity index (χ3n) is 3.84. The molecule has 4 rings (SSSR count). The van der Waals surface area contributed by atoms with Crippen LogP contribution in [0.1, 0.15) is 0 Å². The van der Waals surface area contributed by atoms with Crippen LogP contribution in [0.4, 0.5) is 11.5 Å². The predicted molar refractivity (Wildman–Crippen MR) is 96.9 cm³/mol. The number of aryl methyl sites for hydroxylation is 1. The van der Waals surface area contributed by atoms with Crippen LogP contribution in [0.5, 0.6) is 5.75 Å². The van der Waals surface area contributed by atoms with Gasteiger partial charge in [-0.25, -0.2) is 9.97 Å². The van der Waals surface area contributed by atoms with E-state index in [9.17, 15) is 0 Å². The lowest BCUT2D eigenvalue weighted by atomic mass is 10.3. The van der Waals surface area contributed by atoms with Crippen LogP contribution in [0.3, 0.4) is 0 Å². The summed E-state index contributed by atoms with van der Waals surface area (Å²) in [7, 11) is 3.47. The van der Waals surface area contributed by atoms with E-state index in [0.29, 0.717) is 16.6 Å². The molecule has 25 heavy (non-hydrogen) atoms. The minimum atomic E-state index is 0.531. The SMILES string of the molecule is COc1ccc(Nc2ncnc3c2ccn3-c2ccn(C)n2)cc1Cl. The molecule has 0 aliphatic rings. The van der Waals surface area contributed by atoms with Crippen molar-refractivity contribution in [2.45, 2.75) is 0 Å². The van der Waals surface area contributed by atoms with E-state index in [1.807, 2.05) is 48.3 Å². The number of rotatable bonds is 4. The normalized spacial score (nSPS) is 11.0. The lowest BCUT2D eigenvalue weighted by Crippen LogP contribution is -1.99. The van der Waals surface area contributed by atoms with E-state index in [-0.39, 0.29) is 0 Å². The van der Waals surface area contributed by atoms with Crippen molar-refractivity contribution < 1.29 is 4.74 Å². The molecule has 0 radical (unpaired) electrons. The molecule has 0 unspecified atom stereocenters.